The molecule has 0 aliphatic carbocycles. The lowest BCUT2D eigenvalue weighted by Gasteiger charge is -2.31. The van der Waals surface area contributed by atoms with Crippen LogP contribution in [0.2, 0.25) is 0 Å². The van der Waals surface area contributed by atoms with E-state index in [2.05, 4.69) is 17.3 Å². The van der Waals surface area contributed by atoms with E-state index < -0.39 is 0 Å². The van der Waals surface area contributed by atoms with E-state index in [4.69, 9.17) is 4.74 Å². The van der Waals surface area contributed by atoms with E-state index in [0.717, 1.165) is 19.2 Å². The lowest BCUT2D eigenvalue weighted by Crippen LogP contribution is -2.42. The smallest absolute Gasteiger partial charge is 0.0589 e. The Labute approximate surface area is 75.1 Å². The fourth-order valence-corrected chi connectivity index (χ4v) is 1.67. The number of rotatable bonds is 4. The first kappa shape index (κ1) is 9.96. The van der Waals surface area contributed by atoms with Crippen LogP contribution in [0.15, 0.2) is 0 Å². The largest absolute Gasteiger partial charge is 0.383 e. The Hall–Kier alpha value is -0.120. The zero-order valence-corrected chi connectivity index (χ0v) is 8.18. The maximum Gasteiger partial charge on any atom is 0.0589 e. The van der Waals surface area contributed by atoms with Crippen LogP contribution in [0.4, 0.5) is 0 Å². The minimum atomic E-state index is 0.765. The second kappa shape index (κ2) is 5.51. The van der Waals surface area contributed by atoms with E-state index in [1.807, 2.05) is 0 Å². The Balaban J connectivity index is 2.15. The number of nitrogens with zero attached hydrogens (tertiary/aromatic N) is 1. The molecule has 1 aliphatic rings. The predicted octanol–water partition coefficient (Wildman–Crippen LogP) is 0.317. The molecule has 1 fully saturated rings. The number of nitrogens with one attached hydrogen (secondary N) is 1. The summed E-state index contributed by atoms with van der Waals surface area (Å²) in [5, 5.41) is 3.37. The number of piperidine rings is 1. The minimum absolute atomic E-state index is 0.765. The molecule has 0 atom stereocenters. The van der Waals surface area contributed by atoms with Crippen molar-refractivity contribution in [3.05, 3.63) is 0 Å². The number of hydrogen-bond donors (Lipinski definition) is 1. The topological polar surface area (TPSA) is 24.5 Å². The molecule has 12 heavy (non-hydrogen) atoms. The SMILES string of the molecule is COCCN(C)C1CCNCC1. The minimum Gasteiger partial charge on any atom is -0.383 e. The third-order valence-electron chi connectivity index (χ3n) is 2.58. The molecule has 0 bridgehead atoms. The molecule has 3 heteroatoms. The van der Waals surface area contributed by atoms with Gasteiger partial charge < -0.3 is 15.0 Å². The molecule has 1 aliphatic heterocycles. The molecule has 72 valence electrons. The Bertz CT molecular complexity index is 113. The molecule has 0 aromatic rings. The highest BCUT2D eigenvalue weighted by Crippen LogP contribution is 2.08. The summed E-state index contributed by atoms with van der Waals surface area (Å²) >= 11 is 0. The molecular weight excluding hydrogens is 152 g/mol. The molecule has 1 heterocycles. The van der Waals surface area contributed by atoms with Gasteiger partial charge in [0.15, 0.2) is 0 Å². The summed E-state index contributed by atoms with van der Waals surface area (Å²) < 4.78 is 5.05. The number of ether oxygens (including phenoxy) is 1. The van der Waals surface area contributed by atoms with E-state index in [-0.39, 0.29) is 0 Å². The number of likely N-dealkylation sites (N-methyl/N-ethyl adjacent to an activating group) is 1. The second-order valence-corrected chi connectivity index (χ2v) is 3.45. The first-order valence-electron chi connectivity index (χ1n) is 4.74. The Morgan fingerprint density at radius 2 is 2.08 bits per heavy atom. The van der Waals surface area contributed by atoms with Gasteiger partial charge in [-0.05, 0) is 33.0 Å². The number of hydrogen-bond acceptors (Lipinski definition) is 3. The first-order chi connectivity index (χ1) is 5.84. The summed E-state index contributed by atoms with van der Waals surface area (Å²) in [7, 11) is 3.95. The maximum atomic E-state index is 5.05. The molecule has 0 aromatic carbocycles. The predicted molar refractivity (Wildman–Crippen MR) is 50.4 cm³/mol. The van der Waals surface area contributed by atoms with Gasteiger partial charge in [-0.2, -0.15) is 0 Å². The summed E-state index contributed by atoms with van der Waals surface area (Å²) in [5.74, 6) is 0. The van der Waals surface area contributed by atoms with Gasteiger partial charge in [0.25, 0.3) is 0 Å². The summed E-state index contributed by atoms with van der Waals surface area (Å²) in [6, 6.07) is 0.765. The van der Waals surface area contributed by atoms with Crippen LogP contribution >= 0.6 is 0 Å². The van der Waals surface area contributed by atoms with E-state index >= 15 is 0 Å². The molecule has 0 radical (unpaired) electrons. The van der Waals surface area contributed by atoms with Crippen LogP contribution < -0.4 is 5.32 Å². The van der Waals surface area contributed by atoms with Crippen LogP contribution in [0, 0.1) is 0 Å². The summed E-state index contributed by atoms with van der Waals surface area (Å²) in [6.07, 6.45) is 2.56. The van der Waals surface area contributed by atoms with Gasteiger partial charge in [0.05, 0.1) is 6.61 Å². The second-order valence-electron chi connectivity index (χ2n) is 3.45. The van der Waals surface area contributed by atoms with E-state index in [0.29, 0.717) is 0 Å². The molecule has 1 rings (SSSR count). The quantitative estimate of drug-likeness (QED) is 0.661. The van der Waals surface area contributed by atoms with Crippen LogP contribution in [0.25, 0.3) is 0 Å². The van der Waals surface area contributed by atoms with Crippen molar-refractivity contribution >= 4 is 0 Å². The van der Waals surface area contributed by atoms with Gasteiger partial charge >= 0.3 is 0 Å². The first-order valence-corrected chi connectivity index (χ1v) is 4.74. The van der Waals surface area contributed by atoms with Crippen LogP contribution in [0.1, 0.15) is 12.8 Å². The molecule has 0 unspecified atom stereocenters. The molecule has 0 aromatic heterocycles. The van der Waals surface area contributed by atoms with Crippen molar-refractivity contribution in [2.24, 2.45) is 0 Å². The third-order valence-corrected chi connectivity index (χ3v) is 2.58. The zero-order valence-electron chi connectivity index (χ0n) is 8.18. The highest BCUT2D eigenvalue weighted by Gasteiger charge is 2.16. The lowest BCUT2D eigenvalue weighted by molar-refractivity contribution is 0.126. The summed E-state index contributed by atoms with van der Waals surface area (Å²) in [5.41, 5.74) is 0. The third kappa shape index (κ3) is 3.09. The molecule has 0 spiro atoms. The molecule has 3 nitrogen and oxygen atoms in total. The number of methoxy groups -OCH3 is 1. The van der Waals surface area contributed by atoms with Gasteiger partial charge in [0.1, 0.15) is 0 Å². The summed E-state index contributed by atoms with van der Waals surface area (Å²) in [4.78, 5) is 2.41. The fourth-order valence-electron chi connectivity index (χ4n) is 1.67. The molecule has 1 saturated heterocycles. The van der Waals surface area contributed by atoms with E-state index in [1.54, 1.807) is 7.11 Å². The fraction of sp³-hybridized carbons (Fsp3) is 1.00. The van der Waals surface area contributed by atoms with Gasteiger partial charge in [0.2, 0.25) is 0 Å². The molecule has 1 N–H and O–H groups in total. The van der Waals surface area contributed by atoms with Crippen molar-refractivity contribution in [2.75, 3.05) is 40.4 Å². The van der Waals surface area contributed by atoms with Gasteiger partial charge in [-0.1, -0.05) is 0 Å². The molecular formula is C9H20N2O. The average Bonchev–Trinajstić information content (AvgIpc) is 2.15. The van der Waals surface area contributed by atoms with Gasteiger partial charge in [-0.3, -0.25) is 0 Å². The zero-order chi connectivity index (χ0) is 8.81. The van der Waals surface area contributed by atoms with Gasteiger partial charge in [0, 0.05) is 19.7 Å². The Kier molecular flexibility index (Phi) is 4.58. The van der Waals surface area contributed by atoms with Crippen molar-refractivity contribution in [3.63, 3.8) is 0 Å². The average molecular weight is 172 g/mol. The van der Waals surface area contributed by atoms with Crippen molar-refractivity contribution in [2.45, 2.75) is 18.9 Å². The normalized spacial score (nSPS) is 20.2. The van der Waals surface area contributed by atoms with Gasteiger partial charge in [-0.25, -0.2) is 0 Å². The highest BCUT2D eigenvalue weighted by atomic mass is 16.5. The molecule has 0 amide bonds. The highest BCUT2D eigenvalue weighted by molar-refractivity contribution is 4.75. The maximum absolute atomic E-state index is 5.05. The Morgan fingerprint density at radius 1 is 1.42 bits per heavy atom. The van der Waals surface area contributed by atoms with Crippen molar-refractivity contribution < 1.29 is 4.74 Å². The monoisotopic (exact) mass is 172 g/mol. The van der Waals surface area contributed by atoms with Crippen LogP contribution in [0.3, 0.4) is 0 Å². The van der Waals surface area contributed by atoms with Crippen LogP contribution in [-0.4, -0.2) is 51.3 Å². The molecule has 0 saturated carbocycles. The standard InChI is InChI=1S/C9H20N2O/c1-11(7-8-12-2)9-3-5-10-6-4-9/h9-10H,3-8H2,1-2H3. The van der Waals surface area contributed by atoms with Crippen molar-refractivity contribution in [1.82, 2.24) is 10.2 Å². The summed E-state index contributed by atoms with van der Waals surface area (Å²) in [6.45, 7) is 4.24. The van der Waals surface area contributed by atoms with Crippen molar-refractivity contribution in [3.8, 4) is 0 Å². The lowest BCUT2D eigenvalue weighted by atomic mass is 10.1. The van der Waals surface area contributed by atoms with Crippen molar-refractivity contribution in [1.29, 1.82) is 0 Å². The van der Waals surface area contributed by atoms with Crippen LogP contribution in [-0.2, 0) is 4.74 Å². The Morgan fingerprint density at radius 3 is 2.67 bits per heavy atom. The van der Waals surface area contributed by atoms with E-state index in [9.17, 15) is 0 Å². The van der Waals surface area contributed by atoms with Crippen LogP contribution in [0.5, 0.6) is 0 Å². The van der Waals surface area contributed by atoms with Gasteiger partial charge in [-0.15, -0.1) is 0 Å². The van der Waals surface area contributed by atoms with E-state index in [1.165, 1.54) is 25.9 Å².